The maximum absolute atomic E-state index is 11.0. The van der Waals surface area contributed by atoms with Crippen LogP contribution in [0.2, 0.25) is 0 Å². The van der Waals surface area contributed by atoms with Crippen molar-refractivity contribution in [3.63, 3.8) is 0 Å². The second kappa shape index (κ2) is 8.56. The molecule has 3 N–H and O–H groups in total. The van der Waals surface area contributed by atoms with E-state index in [0.29, 0.717) is 10.4 Å². The Balaban J connectivity index is 0.00000242. The number of carboxylic acid groups (broad SMARTS) is 1. The van der Waals surface area contributed by atoms with Gasteiger partial charge in [-0.3, -0.25) is 4.79 Å². The van der Waals surface area contributed by atoms with Crippen LogP contribution in [-0.2, 0) is 11.2 Å². The van der Waals surface area contributed by atoms with E-state index < -0.39 is 12.0 Å². The van der Waals surface area contributed by atoms with Gasteiger partial charge in [-0.05, 0) is 34.7 Å². The molecule has 0 bridgehead atoms. The van der Waals surface area contributed by atoms with Gasteiger partial charge in [0.1, 0.15) is 6.04 Å². The minimum absolute atomic E-state index is 0. The summed E-state index contributed by atoms with van der Waals surface area (Å²) >= 11 is 5.49. The Morgan fingerprint density at radius 3 is 2.36 bits per heavy atom. The van der Waals surface area contributed by atoms with Crippen molar-refractivity contribution in [2.45, 2.75) is 19.4 Å². The summed E-state index contributed by atoms with van der Waals surface area (Å²) in [6.07, 6.45) is 0.982. The molecule has 22 heavy (non-hydrogen) atoms. The van der Waals surface area contributed by atoms with E-state index in [1.165, 1.54) is 5.56 Å². The third kappa shape index (κ3) is 4.48. The van der Waals surface area contributed by atoms with E-state index in [1.54, 1.807) is 18.2 Å². The maximum atomic E-state index is 11.0. The molecule has 3 nitrogen and oxygen atoms in total. The van der Waals surface area contributed by atoms with Crippen LogP contribution in [0.1, 0.15) is 35.2 Å². The van der Waals surface area contributed by atoms with Crippen LogP contribution in [0.4, 0.5) is 0 Å². The zero-order chi connectivity index (χ0) is 15.4. The molecule has 110 valence electrons. The fourth-order valence-corrected chi connectivity index (χ4v) is 2.34. The zero-order valence-corrected chi connectivity index (χ0v) is 12.6. The van der Waals surface area contributed by atoms with Crippen molar-refractivity contribution in [1.82, 2.24) is 0 Å². The van der Waals surface area contributed by atoms with E-state index >= 15 is 0 Å². The Kier molecular flexibility index (Phi) is 7.39. The average molecular weight is 323 g/mol. The van der Waals surface area contributed by atoms with Gasteiger partial charge in [-0.2, -0.15) is 0 Å². The van der Waals surface area contributed by atoms with Gasteiger partial charge in [0.2, 0.25) is 0 Å². The van der Waals surface area contributed by atoms with Gasteiger partial charge < -0.3 is 10.8 Å². The summed E-state index contributed by atoms with van der Waals surface area (Å²) in [5, 5.41) is 8.98. The van der Waals surface area contributed by atoms with Gasteiger partial charge >= 0.3 is 35.5 Å². The van der Waals surface area contributed by atoms with Crippen molar-refractivity contribution in [2.75, 3.05) is 0 Å². The van der Waals surface area contributed by atoms with E-state index in [-0.39, 0.29) is 29.6 Å². The Morgan fingerprint density at radius 1 is 1.18 bits per heavy atom. The standard InChI is InChI=1S/C17H17NO2S.Na.H/c1-2-11-6-8-12(9-7-11)16(21)14-5-3-4-13(10-14)15(18)17(19)20;;/h3-10,15H,2,18H2,1H3,(H,19,20);;. The average Bonchev–Trinajstić information content (AvgIpc) is 2.53. The molecular weight excluding hydrogens is 305 g/mol. The Labute approximate surface area is 157 Å². The number of carboxylic acids is 1. The molecule has 0 amide bonds. The summed E-state index contributed by atoms with van der Waals surface area (Å²) in [5.41, 5.74) is 9.20. The van der Waals surface area contributed by atoms with Gasteiger partial charge in [0.15, 0.2) is 0 Å². The fourth-order valence-electron chi connectivity index (χ4n) is 2.07. The number of aryl methyl sites for hydroxylation is 1. The number of thiocarbonyl (C=S) groups is 1. The van der Waals surface area contributed by atoms with E-state index in [1.807, 2.05) is 18.2 Å². The summed E-state index contributed by atoms with van der Waals surface area (Å²) in [5.74, 6) is -1.05. The third-order valence-corrected chi connectivity index (χ3v) is 3.87. The molecule has 0 saturated heterocycles. The molecule has 0 spiro atoms. The van der Waals surface area contributed by atoms with E-state index in [2.05, 4.69) is 19.1 Å². The molecule has 5 heteroatoms. The third-order valence-electron chi connectivity index (χ3n) is 3.40. The quantitative estimate of drug-likeness (QED) is 0.504. The van der Waals surface area contributed by atoms with Crippen LogP contribution < -0.4 is 5.73 Å². The summed E-state index contributed by atoms with van der Waals surface area (Å²) in [6.45, 7) is 2.10. The van der Waals surface area contributed by atoms with Crippen molar-refractivity contribution < 1.29 is 9.90 Å². The molecule has 1 atom stereocenters. The fraction of sp³-hybridized carbons (Fsp3) is 0.176. The molecule has 2 aromatic carbocycles. The summed E-state index contributed by atoms with van der Waals surface area (Å²) in [6, 6.07) is 14.1. The number of hydrogen-bond donors (Lipinski definition) is 2. The van der Waals surface area contributed by atoms with Gasteiger partial charge in [0.05, 0.1) is 4.86 Å². The predicted octanol–water partition coefficient (Wildman–Crippen LogP) is 2.45. The molecular formula is C17H18NNaO2S. The molecule has 0 aromatic heterocycles. The van der Waals surface area contributed by atoms with Crippen LogP contribution in [0.25, 0.3) is 0 Å². The van der Waals surface area contributed by atoms with Crippen LogP contribution in [-0.4, -0.2) is 45.5 Å². The number of hydrogen-bond acceptors (Lipinski definition) is 3. The summed E-state index contributed by atoms with van der Waals surface area (Å²) in [4.78, 5) is 11.7. The summed E-state index contributed by atoms with van der Waals surface area (Å²) < 4.78 is 0. The molecule has 0 heterocycles. The van der Waals surface area contributed by atoms with Crippen LogP contribution in [0.5, 0.6) is 0 Å². The van der Waals surface area contributed by atoms with Gasteiger partial charge in [0, 0.05) is 0 Å². The Hall–Kier alpha value is -1.04. The first kappa shape index (κ1) is 19.0. The first-order valence-electron chi connectivity index (χ1n) is 6.75. The first-order chi connectivity index (χ1) is 10.0. The predicted molar refractivity (Wildman–Crippen MR) is 94.8 cm³/mol. The molecule has 0 saturated carbocycles. The van der Waals surface area contributed by atoms with Gasteiger partial charge in [-0.25, -0.2) is 0 Å². The van der Waals surface area contributed by atoms with E-state index in [0.717, 1.165) is 17.5 Å². The molecule has 1 unspecified atom stereocenters. The normalized spacial score (nSPS) is 11.4. The van der Waals surface area contributed by atoms with E-state index in [4.69, 9.17) is 23.1 Å². The van der Waals surface area contributed by atoms with Crippen LogP contribution >= 0.6 is 12.2 Å². The number of carbonyl (C=O) groups is 1. The minimum atomic E-state index is -1.05. The second-order valence-electron chi connectivity index (χ2n) is 4.82. The Morgan fingerprint density at radius 2 is 1.82 bits per heavy atom. The molecule has 0 aliphatic heterocycles. The topological polar surface area (TPSA) is 63.3 Å². The number of rotatable bonds is 5. The monoisotopic (exact) mass is 323 g/mol. The molecule has 0 radical (unpaired) electrons. The first-order valence-corrected chi connectivity index (χ1v) is 7.15. The van der Waals surface area contributed by atoms with Crippen molar-refractivity contribution in [3.05, 3.63) is 70.8 Å². The van der Waals surface area contributed by atoms with Crippen LogP contribution in [0.3, 0.4) is 0 Å². The summed E-state index contributed by atoms with van der Waals surface area (Å²) in [7, 11) is 0. The van der Waals surface area contributed by atoms with Gasteiger partial charge in [0.25, 0.3) is 0 Å². The SMILES string of the molecule is CCc1ccc(C(=S)c2cccc(C(N)C(=O)O)c2)cc1.[NaH]. The van der Waals surface area contributed by atoms with Crippen LogP contribution in [0, 0.1) is 0 Å². The molecule has 0 aliphatic carbocycles. The van der Waals surface area contributed by atoms with Crippen molar-refractivity contribution in [3.8, 4) is 0 Å². The molecule has 2 aromatic rings. The van der Waals surface area contributed by atoms with Crippen LogP contribution in [0.15, 0.2) is 48.5 Å². The molecule has 2 rings (SSSR count). The van der Waals surface area contributed by atoms with Crippen molar-refractivity contribution in [2.24, 2.45) is 5.73 Å². The zero-order valence-electron chi connectivity index (χ0n) is 11.7. The van der Waals surface area contributed by atoms with E-state index in [9.17, 15) is 4.79 Å². The van der Waals surface area contributed by atoms with Crippen molar-refractivity contribution >= 4 is 52.6 Å². The Bertz CT molecular complexity index is 671. The molecule has 0 aliphatic rings. The molecule has 0 fully saturated rings. The second-order valence-corrected chi connectivity index (χ2v) is 5.23. The number of aliphatic carboxylic acids is 1. The number of benzene rings is 2. The van der Waals surface area contributed by atoms with Gasteiger partial charge in [-0.1, -0.05) is 61.6 Å². The number of nitrogens with two attached hydrogens (primary N) is 1. The van der Waals surface area contributed by atoms with Gasteiger partial charge in [-0.15, -0.1) is 0 Å². The van der Waals surface area contributed by atoms with Crippen molar-refractivity contribution in [1.29, 1.82) is 0 Å².